The topological polar surface area (TPSA) is 90.0 Å². The van der Waals surface area contributed by atoms with Crippen molar-refractivity contribution in [3.05, 3.63) is 35.1 Å². The van der Waals surface area contributed by atoms with Gasteiger partial charge < -0.3 is 15.1 Å². The maximum absolute atomic E-state index is 14.2. The third-order valence-electron chi connectivity index (χ3n) is 7.33. The van der Waals surface area contributed by atoms with Gasteiger partial charge in [0.2, 0.25) is 5.91 Å². The molecule has 0 bridgehead atoms. The molecule has 1 atom stereocenters. The Morgan fingerprint density at radius 2 is 1.68 bits per heavy atom. The zero-order valence-corrected chi connectivity index (χ0v) is 22.2. The summed E-state index contributed by atoms with van der Waals surface area (Å²) < 4.78 is 53.5. The molecule has 2 saturated heterocycles. The second kappa shape index (κ2) is 10.9. The average Bonchev–Trinajstić information content (AvgIpc) is 3.00. The van der Waals surface area contributed by atoms with E-state index in [1.54, 1.807) is 18.7 Å². The lowest BCUT2D eigenvalue weighted by atomic mass is 9.85. The number of imide groups is 1. The van der Waals surface area contributed by atoms with Crippen molar-refractivity contribution >= 4 is 23.8 Å². The van der Waals surface area contributed by atoms with Crippen LogP contribution in [0.2, 0.25) is 0 Å². The lowest BCUT2D eigenvalue weighted by Gasteiger charge is -2.43. The van der Waals surface area contributed by atoms with Crippen molar-refractivity contribution in [2.75, 3.05) is 26.7 Å². The number of likely N-dealkylation sites (N-methyl/N-ethyl adjacent to an activating group) is 1. The molecule has 2 heterocycles. The number of hydrogen-bond donors (Lipinski definition) is 1. The van der Waals surface area contributed by atoms with Crippen LogP contribution in [0.1, 0.15) is 62.9 Å². The smallest absolute Gasteiger partial charge is 0.341 e. The van der Waals surface area contributed by atoms with Gasteiger partial charge in [0.25, 0.3) is 11.8 Å². The van der Waals surface area contributed by atoms with Gasteiger partial charge in [-0.2, -0.15) is 13.2 Å². The van der Waals surface area contributed by atoms with Crippen molar-refractivity contribution in [3.63, 3.8) is 0 Å². The normalized spacial score (nSPS) is 18.7. The third-order valence-corrected chi connectivity index (χ3v) is 7.33. The number of alkyl halides is 3. The fourth-order valence-corrected chi connectivity index (χ4v) is 4.96. The van der Waals surface area contributed by atoms with Gasteiger partial charge >= 0.3 is 12.2 Å². The van der Waals surface area contributed by atoms with Crippen LogP contribution in [0.4, 0.5) is 22.4 Å². The van der Waals surface area contributed by atoms with Crippen molar-refractivity contribution in [3.8, 4) is 0 Å². The molecule has 0 saturated carbocycles. The van der Waals surface area contributed by atoms with Crippen LogP contribution in [0.15, 0.2) is 18.2 Å². The number of urea groups is 1. The quantitative estimate of drug-likeness (QED) is 0.418. The van der Waals surface area contributed by atoms with Gasteiger partial charge in [0, 0.05) is 26.7 Å². The highest BCUT2D eigenvalue weighted by molar-refractivity contribution is 6.07. The Morgan fingerprint density at radius 1 is 1.08 bits per heavy atom. The van der Waals surface area contributed by atoms with Crippen molar-refractivity contribution in [2.45, 2.75) is 64.7 Å². The molecule has 12 heteroatoms. The van der Waals surface area contributed by atoms with Gasteiger partial charge in [-0.1, -0.05) is 27.7 Å². The molecule has 210 valence electrons. The summed E-state index contributed by atoms with van der Waals surface area (Å²) in [6, 6.07) is 0.0208. The van der Waals surface area contributed by atoms with Gasteiger partial charge in [-0.05, 0) is 49.3 Å². The van der Waals surface area contributed by atoms with Crippen molar-refractivity contribution < 1.29 is 36.7 Å². The minimum Gasteiger partial charge on any atom is -0.341 e. The first-order valence-electron chi connectivity index (χ1n) is 12.7. The Balaban J connectivity index is 1.75. The SMILES string of the molecule is CC(C)CCN1C(=O)N(C)C(=O)C12CCN(C(=O)[C@H](NC(=O)c1cc(C(F)(F)F)ccc1F)C(C)C)CC2. The number of piperidine rings is 1. The van der Waals surface area contributed by atoms with E-state index in [1.165, 1.54) is 11.9 Å². The molecule has 1 spiro atoms. The number of hydrogen-bond acceptors (Lipinski definition) is 4. The average molecular weight is 543 g/mol. The first-order valence-corrected chi connectivity index (χ1v) is 12.7. The number of benzene rings is 1. The van der Waals surface area contributed by atoms with E-state index in [-0.39, 0.29) is 37.9 Å². The Labute approximate surface area is 219 Å². The van der Waals surface area contributed by atoms with Crippen molar-refractivity contribution in [1.29, 1.82) is 0 Å². The molecule has 0 unspecified atom stereocenters. The van der Waals surface area contributed by atoms with E-state index in [0.29, 0.717) is 37.1 Å². The Hall–Kier alpha value is -3.18. The summed E-state index contributed by atoms with van der Waals surface area (Å²) in [5.41, 5.74) is -3.04. The standard InChI is InChI=1S/C26H34F4N4O4/c1-15(2)8-11-34-24(38)32(5)23(37)25(34)9-12-33(13-10-25)22(36)20(16(3)4)31-21(35)18-14-17(26(28,29)30)6-7-19(18)27/h6-7,14-16,20H,8-13H2,1-5H3,(H,31,35)/t20-/m1/s1. The largest absolute Gasteiger partial charge is 0.416 e. The van der Waals surface area contributed by atoms with Crippen LogP contribution >= 0.6 is 0 Å². The van der Waals surface area contributed by atoms with Crippen LogP contribution in [0.3, 0.4) is 0 Å². The second-order valence-corrected chi connectivity index (χ2v) is 10.7. The Bertz CT molecular complexity index is 1100. The van der Waals surface area contributed by atoms with E-state index in [9.17, 15) is 36.7 Å². The summed E-state index contributed by atoms with van der Waals surface area (Å²) in [5.74, 6) is -3.21. The molecule has 1 N–H and O–H groups in total. The summed E-state index contributed by atoms with van der Waals surface area (Å²) in [7, 11) is 1.44. The third kappa shape index (κ3) is 5.63. The van der Waals surface area contributed by atoms with Gasteiger partial charge in [0.15, 0.2) is 0 Å². The van der Waals surface area contributed by atoms with Gasteiger partial charge in [0.05, 0.1) is 11.1 Å². The number of nitrogens with one attached hydrogen (secondary N) is 1. The predicted octanol–water partition coefficient (Wildman–Crippen LogP) is 3.90. The van der Waals surface area contributed by atoms with E-state index < -0.39 is 52.4 Å². The van der Waals surface area contributed by atoms with E-state index in [4.69, 9.17) is 0 Å². The maximum Gasteiger partial charge on any atom is 0.416 e. The lowest BCUT2D eigenvalue weighted by Crippen LogP contribution is -2.60. The number of amides is 5. The minimum atomic E-state index is -4.77. The fourth-order valence-electron chi connectivity index (χ4n) is 4.96. The number of rotatable bonds is 7. The van der Waals surface area contributed by atoms with Gasteiger partial charge in [-0.25, -0.2) is 9.18 Å². The van der Waals surface area contributed by atoms with Crippen LogP contribution in [0.25, 0.3) is 0 Å². The first kappa shape index (κ1) is 29.4. The zero-order chi connectivity index (χ0) is 28.6. The predicted molar refractivity (Wildman–Crippen MR) is 130 cm³/mol. The van der Waals surface area contributed by atoms with Crippen LogP contribution in [0.5, 0.6) is 0 Å². The second-order valence-electron chi connectivity index (χ2n) is 10.7. The lowest BCUT2D eigenvalue weighted by molar-refractivity contribution is -0.142. The number of carbonyl (C=O) groups is 4. The summed E-state index contributed by atoms with van der Waals surface area (Å²) in [5, 5.41) is 2.40. The summed E-state index contributed by atoms with van der Waals surface area (Å²) in [6.45, 7) is 8.03. The molecular weight excluding hydrogens is 508 g/mol. The highest BCUT2D eigenvalue weighted by Gasteiger charge is 2.57. The maximum atomic E-state index is 14.2. The molecule has 1 aromatic rings. The van der Waals surface area contributed by atoms with Crippen LogP contribution in [0, 0.1) is 17.7 Å². The summed E-state index contributed by atoms with van der Waals surface area (Å²) >= 11 is 0. The molecular formula is C26H34F4N4O4. The first-order chi connectivity index (χ1) is 17.6. The Kier molecular flexibility index (Phi) is 8.42. The highest BCUT2D eigenvalue weighted by atomic mass is 19.4. The van der Waals surface area contributed by atoms with Gasteiger partial charge in [-0.15, -0.1) is 0 Å². The van der Waals surface area contributed by atoms with E-state index in [0.717, 1.165) is 4.90 Å². The minimum absolute atomic E-state index is 0.140. The Morgan fingerprint density at radius 3 is 2.21 bits per heavy atom. The molecule has 2 aliphatic heterocycles. The van der Waals surface area contributed by atoms with E-state index in [2.05, 4.69) is 5.32 Å². The molecule has 0 aromatic heterocycles. The molecule has 38 heavy (non-hydrogen) atoms. The summed E-state index contributed by atoms with van der Waals surface area (Å²) in [4.78, 5) is 56.2. The van der Waals surface area contributed by atoms with E-state index in [1.807, 2.05) is 13.8 Å². The van der Waals surface area contributed by atoms with Crippen molar-refractivity contribution in [1.82, 2.24) is 20.0 Å². The number of halogens is 4. The molecule has 8 nitrogen and oxygen atoms in total. The molecule has 2 fully saturated rings. The number of nitrogens with zero attached hydrogens (tertiary/aromatic N) is 3. The molecule has 2 aliphatic rings. The van der Waals surface area contributed by atoms with Crippen molar-refractivity contribution in [2.24, 2.45) is 11.8 Å². The molecule has 5 amide bonds. The summed E-state index contributed by atoms with van der Waals surface area (Å²) in [6.07, 6.45) is -3.62. The number of carbonyl (C=O) groups excluding carboxylic acids is 4. The molecule has 0 aliphatic carbocycles. The van der Waals surface area contributed by atoms with Crippen LogP contribution < -0.4 is 5.32 Å². The highest BCUT2D eigenvalue weighted by Crippen LogP contribution is 2.37. The molecule has 1 aromatic carbocycles. The van der Waals surface area contributed by atoms with Crippen LogP contribution in [-0.2, 0) is 15.8 Å². The molecule has 0 radical (unpaired) electrons. The van der Waals surface area contributed by atoms with Crippen LogP contribution in [-0.4, -0.2) is 76.7 Å². The zero-order valence-electron chi connectivity index (χ0n) is 22.2. The van der Waals surface area contributed by atoms with Gasteiger partial charge in [0.1, 0.15) is 17.4 Å². The van der Waals surface area contributed by atoms with Gasteiger partial charge in [-0.3, -0.25) is 19.3 Å². The fraction of sp³-hybridized carbons (Fsp3) is 0.615. The van der Waals surface area contributed by atoms with E-state index >= 15 is 0 Å². The monoisotopic (exact) mass is 542 g/mol. The molecule has 3 rings (SSSR count). The number of likely N-dealkylation sites (tertiary alicyclic amines) is 1.